The minimum absolute atomic E-state index is 0.0208. The third-order valence-electron chi connectivity index (χ3n) is 4.71. The number of aryl methyl sites for hydroxylation is 1. The Morgan fingerprint density at radius 3 is 2.33 bits per heavy atom. The van der Waals surface area contributed by atoms with Gasteiger partial charge in [-0.1, -0.05) is 59.8 Å². The molecule has 3 aromatic carbocycles. The van der Waals surface area contributed by atoms with Crippen molar-refractivity contribution in [3.05, 3.63) is 94.3 Å². The van der Waals surface area contributed by atoms with Crippen LogP contribution in [0.15, 0.2) is 76.5 Å². The van der Waals surface area contributed by atoms with Crippen LogP contribution in [0.2, 0.25) is 5.02 Å². The molecule has 30 heavy (non-hydrogen) atoms. The van der Waals surface area contributed by atoms with E-state index in [4.69, 9.17) is 16.7 Å². The van der Waals surface area contributed by atoms with Gasteiger partial charge in [-0.15, -0.1) is 0 Å². The first kappa shape index (κ1) is 22.3. The lowest BCUT2D eigenvalue weighted by molar-refractivity contribution is -0.137. The summed E-state index contributed by atoms with van der Waals surface area (Å²) in [5.74, 6) is -1.26. The Morgan fingerprint density at radius 1 is 1.00 bits per heavy atom. The maximum Gasteiger partial charge on any atom is 0.304 e. The summed E-state index contributed by atoms with van der Waals surface area (Å²) in [7, 11) is 0. The fourth-order valence-electron chi connectivity index (χ4n) is 3.10. The highest BCUT2D eigenvalue weighted by Gasteiger charge is 2.16. The number of benzene rings is 3. The lowest BCUT2D eigenvalue weighted by atomic mass is 10.1. The number of nitrogens with zero attached hydrogens (tertiary/aromatic N) is 1. The molecule has 0 aromatic heterocycles. The lowest BCUT2D eigenvalue weighted by Gasteiger charge is -2.23. The zero-order valence-corrected chi connectivity index (χ0v) is 18.2. The molecule has 156 valence electrons. The number of aliphatic carboxylic acids is 1. The maximum absolute atomic E-state index is 14.4. The molecule has 0 saturated heterocycles. The van der Waals surface area contributed by atoms with Gasteiger partial charge in [0.25, 0.3) is 0 Å². The van der Waals surface area contributed by atoms with Crippen molar-refractivity contribution in [1.82, 2.24) is 4.90 Å². The third-order valence-corrected chi connectivity index (χ3v) is 6.25. The molecule has 0 unspecified atom stereocenters. The molecular formula is C24H23ClFNO2S. The molecule has 0 atom stereocenters. The highest BCUT2D eigenvalue weighted by atomic mass is 35.5. The van der Waals surface area contributed by atoms with Crippen LogP contribution >= 0.6 is 23.4 Å². The molecule has 0 amide bonds. The summed E-state index contributed by atoms with van der Waals surface area (Å²) < 4.78 is 14.4. The van der Waals surface area contributed by atoms with E-state index >= 15 is 0 Å². The fourth-order valence-corrected chi connectivity index (χ4v) is 4.15. The molecule has 0 bridgehead atoms. The first-order valence-electron chi connectivity index (χ1n) is 9.62. The van der Waals surface area contributed by atoms with Gasteiger partial charge >= 0.3 is 5.97 Å². The lowest BCUT2D eigenvalue weighted by Crippen LogP contribution is -2.26. The van der Waals surface area contributed by atoms with Gasteiger partial charge in [-0.3, -0.25) is 9.69 Å². The molecule has 0 heterocycles. The first-order valence-corrected chi connectivity index (χ1v) is 10.8. The number of carboxylic acids is 1. The van der Waals surface area contributed by atoms with Crippen LogP contribution in [-0.2, 0) is 17.9 Å². The summed E-state index contributed by atoms with van der Waals surface area (Å²) in [5, 5.41) is 9.49. The summed E-state index contributed by atoms with van der Waals surface area (Å²) in [6, 6.07) is 21.3. The van der Waals surface area contributed by atoms with E-state index in [1.54, 1.807) is 17.8 Å². The summed E-state index contributed by atoms with van der Waals surface area (Å²) in [5.41, 5.74) is 2.23. The molecule has 0 aliphatic rings. The van der Waals surface area contributed by atoms with Gasteiger partial charge in [0.05, 0.1) is 11.4 Å². The van der Waals surface area contributed by atoms with Gasteiger partial charge < -0.3 is 5.11 Å². The molecule has 0 spiro atoms. The monoisotopic (exact) mass is 443 g/mol. The van der Waals surface area contributed by atoms with Crippen molar-refractivity contribution in [3.8, 4) is 0 Å². The smallest absolute Gasteiger partial charge is 0.304 e. The van der Waals surface area contributed by atoms with Crippen molar-refractivity contribution in [1.29, 1.82) is 0 Å². The van der Waals surface area contributed by atoms with Crippen LogP contribution in [-0.4, -0.2) is 22.5 Å². The third kappa shape index (κ3) is 6.33. The normalized spacial score (nSPS) is 11.1. The van der Waals surface area contributed by atoms with Crippen molar-refractivity contribution in [3.63, 3.8) is 0 Å². The number of halogens is 2. The quantitative estimate of drug-likeness (QED) is 0.414. The van der Waals surface area contributed by atoms with Crippen molar-refractivity contribution in [2.45, 2.75) is 36.2 Å². The predicted octanol–water partition coefficient (Wildman–Crippen LogP) is 6.42. The van der Waals surface area contributed by atoms with Crippen molar-refractivity contribution in [2.24, 2.45) is 0 Å². The van der Waals surface area contributed by atoms with Gasteiger partial charge in [0.1, 0.15) is 5.82 Å². The Kier molecular flexibility index (Phi) is 7.91. The standard InChI is InChI=1S/C24H23ClFNO2S/c1-17-7-12-22(26)21(24(17)25)16-27(14-13-23(28)29)15-18-8-10-20(11-9-18)30-19-5-3-2-4-6-19/h2-12H,13-16H2,1H3,(H,28,29). The van der Waals surface area contributed by atoms with Gasteiger partial charge in [0.2, 0.25) is 0 Å². The summed E-state index contributed by atoms with van der Waals surface area (Å²) in [6.07, 6.45) is -0.0208. The topological polar surface area (TPSA) is 40.5 Å². The van der Waals surface area contributed by atoms with Crippen LogP contribution in [0.25, 0.3) is 0 Å². The van der Waals surface area contributed by atoms with E-state index in [1.165, 1.54) is 6.07 Å². The van der Waals surface area contributed by atoms with Gasteiger partial charge in [-0.05, 0) is 48.4 Å². The molecule has 0 aliphatic carbocycles. The molecule has 3 aromatic rings. The number of carbonyl (C=O) groups is 1. The Morgan fingerprint density at radius 2 is 1.67 bits per heavy atom. The van der Waals surface area contributed by atoms with Crippen LogP contribution in [0.5, 0.6) is 0 Å². The molecule has 3 nitrogen and oxygen atoms in total. The minimum atomic E-state index is -0.884. The van der Waals surface area contributed by atoms with Crippen molar-refractivity contribution in [2.75, 3.05) is 6.54 Å². The van der Waals surface area contributed by atoms with Crippen LogP contribution in [0.1, 0.15) is 23.1 Å². The first-order chi connectivity index (χ1) is 14.4. The van der Waals surface area contributed by atoms with E-state index in [0.717, 1.165) is 20.9 Å². The van der Waals surface area contributed by atoms with E-state index in [0.29, 0.717) is 23.7 Å². The summed E-state index contributed by atoms with van der Waals surface area (Å²) in [6.45, 7) is 2.89. The fraction of sp³-hybridized carbons (Fsp3) is 0.208. The molecule has 0 saturated carbocycles. The molecule has 6 heteroatoms. The highest BCUT2D eigenvalue weighted by Crippen LogP contribution is 2.28. The molecule has 0 aliphatic heterocycles. The molecule has 1 N–H and O–H groups in total. The minimum Gasteiger partial charge on any atom is -0.481 e. The van der Waals surface area contributed by atoms with E-state index in [9.17, 15) is 9.18 Å². The van der Waals surface area contributed by atoms with E-state index < -0.39 is 5.97 Å². The van der Waals surface area contributed by atoms with E-state index in [-0.39, 0.29) is 18.8 Å². The summed E-state index contributed by atoms with van der Waals surface area (Å²) >= 11 is 8.00. The van der Waals surface area contributed by atoms with Crippen molar-refractivity contribution >= 4 is 29.3 Å². The second-order valence-electron chi connectivity index (χ2n) is 7.07. The van der Waals surface area contributed by atoms with E-state index in [2.05, 4.69) is 12.1 Å². The Bertz CT molecular complexity index is 996. The second-order valence-corrected chi connectivity index (χ2v) is 8.60. The number of carboxylic acid groups (broad SMARTS) is 1. The number of hydrogen-bond acceptors (Lipinski definition) is 3. The predicted molar refractivity (Wildman–Crippen MR) is 120 cm³/mol. The van der Waals surface area contributed by atoms with Crippen LogP contribution in [0.3, 0.4) is 0 Å². The SMILES string of the molecule is Cc1ccc(F)c(CN(CCC(=O)O)Cc2ccc(Sc3ccccc3)cc2)c1Cl. The maximum atomic E-state index is 14.4. The van der Waals surface area contributed by atoms with Gasteiger partial charge in [-0.2, -0.15) is 0 Å². The van der Waals surface area contributed by atoms with Gasteiger partial charge in [0.15, 0.2) is 0 Å². The Labute approximate surface area is 185 Å². The molecular weight excluding hydrogens is 421 g/mol. The molecule has 3 rings (SSSR count). The van der Waals surface area contributed by atoms with Crippen LogP contribution in [0.4, 0.5) is 4.39 Å². The Balaban J connectivity index is 1.73. The average molecular weight is 444 g/mol. The second kappa shape index (κ2) is 10.6. The summed E-state index contributed by atoms with van der Waals surface area (Å²) in [4.78, 5) is 15.3. The zero-order chi connectivity index (χ0) is 21.5. The number of hydrogen-bond donors (Lipinski definition) is 1. The average Bonchev–Trinajstić information content (AvgIpc) is 2.74. The zero-order valence-electron chi connectivity index (χ0n) is 16.6. The van der Waals surface area contributed by atoms with Crippen LogP contribution in [0, 0.1) is 12.7 Å². The molecule has 0 radical (unpaired) electrons. The number of rotatable bonds is 9. The van der Waals surface area contributed by atoms with Crippen LogP contribution < -0.4 is 0 Å². The van der Waals surface area contributed by atoms with E-state index in [1.807, 2.05) is 54.3 Å². The molecule has 0 fully saturated rings. The Hall–Kier alpha value is -2.34. The van der Waals surface area contributed by atoms with Gasteiger partial charge in [0, 0.05) is 35.0 Å². The largest absolute Gasteiger partial charge is 0.481 e. The van der Waals surface area contributed by atoms with Crippen molar-refractivity contribution < 1.29 is 14.3 Å². The highest BCUT2D eigenvalue weighted by molar-refractivity contribution is 7.99. The van der Waals surface area contributed by atoms with Gasteiger partial charge in [-0.25, -0.2) is 4.39 Å².